The summed E-state index contributed by atoms with van der Waals surface area (Å²) in [5.74, 6) is 0.693. The zero-order valence-corrected chi connectivity index (χ0v) is 15.9. The van der Waals surface area contributed by atoms with E-state index in [1.807, 2.05) is 0 Å². The van der Waals surface area contributed by atoms with Crippen molar-refractivity contribution < 1.29 is 14.6 Å². The molecule has 0 spiro atoms. The lowest BCUT2D eigenvalue weighted by atomic mass is 9.88. The Hall–Kier alpha value is -1.51. The first kappa shape index (κ1) is 21.5. The van der Waals surface area contributed by atoms with Crippen LogP contribution >= 0.6 is 0 Å². The van der Waals surface area contributed by atoms with Crippen LogP contribution in [0.4, 0.5) is 4.79 Å². The summed E-state index contributed by atoms with van der Waals surface area (Å²) >= 11 is 0. The lowest BCUT2D eigenvalue weighted by Gasteiger charge is -2.17. The first-order valence-corrected chi connectivity index (χ1v) is 10.1. The molecular weight excluding hydrogens is 312 g/mol. The minimum absolute atomic E-state index is 0.333. The number of carbonyl (C=O) groups is 1. The molecule has 3 nitrogen and oxygen atoms in total. The van der Waals surface area contributed by atoms with Gasteiger partial charge in [-0.05, 0) is 30.7 Å². The van der Waals surface area contributed by atoms with Crippen LogP contribution in [0.2, 0.25) is 0 Å². The maximum Gasteiger partial charge on any atom is 0.505 e. The average molecular weight is 349 g/mol. The highest BCUT2D eigenvalue weighted by atomic mass is 16.7. The number of carboxylic acid groups (broad SMARTS) is 1. The second-order valence-corrected chi connectivity index (χ2v) is 6.98. The third kappa shape index (κ3) is 11.6. The maximum atomic E-state index is 10.3. The van der Waals surface area contributed by atoms with Crippen LogP contribution in [0.1, 0.15) is 95.5 Å². The van der Waals surface area contributed by atoms with Crippen LogP contribution in [-0.2, 0) is 4.74 Å². The Morgan fingerprint density at radius 1 is 0.880 bits per heavy atom. The van der Waals surface area contributed by atoms with Gasteiger partial charge in [-0.25, -0.2) is 4.79 Å². The van der Waals surface area contributed by atoms with E-state index < -0.39 is 6.16 Å². The van der Waals surface area contributed by atoms with Gasteiger partial charge in [-0.2, -0.15) is 0 Å². The quantitative estimate of drug-likeness (QED) is 0.270. The molecule has 1 aromatic carbocycles. The monoisotopic (exact) mass is 348 g/mol. The number of hydrogen-bond acceptors (Lipinski definition) is 2. The van der Waals surface area contributed by atoms with Gasteiger partial charge in [0.05, 0.1) is 6.61 Å². The largest absolute Gasteiger partial charge is 0.505 e. The van der Waals surface area contributed by atoms with E-state index in [1.165, 1.54) is 69.8 Å². The van der Waals surface area contributed by atoms with E-state index in [0.717, 1.165) is 12.8 Å². The molecule has 25 heavy (non-hydrogen) atoms. The van der Waals surface area contributed by atoms with Crippen LogP contribution in [0.15, 0.2) is 30.3 Å². The van der Waals surface area contributed by atoms with Crippen LogP contribution in [0.3, 0.4) is 0 Å². The molecule has 3 heteroatoms. The van der Waals surface area contributed by atoms with Crippen molar-refractivity contribution in [2.45, 2.75) is 89.9 Å². The molecule has 0 aliphatic heterocycles. The first-order valence-electron chi connectivity index (χ1n) is 10.1. The van der Waals surface area contributed by atoms with Gasteiger partial charge in [-0.15, -0.1) is 0 Å². The molecule has 142 valence electrons. The van der Waals surface area contributed by atoms with Gasteiger partial charge in [-0.1, -0.05) is 95.0 Å². The Labute approximate surface area is 153 Å². The fraction of sp³-hybridized carbons (Fsp3) is 0.682. The molecule has 0 saturated heterocycles. The molecule has 1 aromatic rings. The van der Waals surface area contributed by atoms with Crippen molar-refractivity contribution in [2.75, 3.05) is 6.61 Å². The predicted molar refractivity (Wildman–Crippen MR) is 104 cm³/mol. The van der Waals surface area contributed by atoms with Crippen molar-refractivity contribution in [3.05, 3.63) is 35.9 Å². The van der Waals surface area contributed by atoms with E-state index in [1.54, 1.807) is 0 Å². The summed E-state index contributed by atoms with van der Waals surface area (Å²) in [5, 5.41) is 8.42. The Kier molecular flexibility index (Phi) is 12.7. The van der Waals surface area contributed by atoms with Gasteiger partial charge < -0.3 is 9.84 Å². The summed E-state index contributed by atoms with van der Waals surface area (Å²) in [6, 6.07) is 11.0. The van der Waals surface area contributed by atoms with Crippen molar-refractivity contribution in [1.29, 1.82) is 0 Å². The van der Waals surface area contributed by atoms with Crippen molar-refractivity contribution in [3.8, 4) is 0 Å². The Balaban J connectivity index is 2.21. The van der Waals surface area contributed by atoms with Crippen LogP contribution < -0.4 is 0 Å². The number of ether oxygens (including phenoxy) is 1. The maximum absolute atomic E-state index is 10.3. The summed E-state index contributed by atoms with van der Waals surface area (Å²) in [5.41, 5.74) is 1.49. The molecule has 0 amide bonds. The molecule has 0 saturated carbocycles. The lowest BCUT2D eigenvalue weighted by Crippen LogP contribution is -2.01. The van der Waals surface area contributed by atoms with Crippen LogP contribution in [-0.4, -0.2) is 17.9 Å². The zero-order chi connectivity index (χ0) is 18.2. The average Bonchev–Trinajstić information content (AvgIpc) is 2.62. The second kappa shape index (κ2) is 14.8. The molecule has 0 bridgehead atoms. The van der Waals surface area contributed by atoms with Crippen molar-refractivity contribution in [1.82, 2.24) is 0 Å². The van der Waals surface area contributed by atoms with E-state index >= 15 is 0 Å². The smallest absolute Gasteiger partial charge is 0.450 e. The van der Waals surface area contributed by atoms with E-state index in [-0.39, 0.29) is 0 Å². The van der Waals surface area contributed by atoms with Gasteiger partial charge in [-0.3, -0.25) is 0 Å². The lowest BCUT2D eigenvalue weighted by molar-refractivity contribution is 0.0899. The van der Waals surface area contributed by atoms with Gasteiger partial charge in [0.1, 0.15) is 0 Å². The van der Waals surface area contributed by atoms with Gasteiger partial charge in [0.15, 0.2) is 0 Å². The summed E-state index contributed by atoms with van der Waals surface area (Å²) in [4.78, 5) is 10.3. The van der Waals surface area contributed by atoms with Gasteiger partial charge in [0.25, 0.3) is 0 Å². The SMILES string of the molecule is CCCCCCCC(CCCCCCCOC(=O)O)c1ccccc1. The molecular formula is C22H36O3. The Morgan fingerprint density at radius 3 is 2.04 bits per heavy atom. The highest BCUT2D eigenvalue weighted by Crippen LogP contribution is 2.28. The standard InChI is InChI=1S/C22H36O3/c1-2-3-4-6-10-15-20(21-17-12-9-13-18-21)16-11-7-5-8-14-19-25-22(23)24/h9,12-13,17-18,20H,2-8,10-11,14-16,19H2,1H3,(H,23,24). The Morgan fingerprint density at radius 2 is 1.44 bits per heavy atom. The molecule has 1 N–H and O–H groups in total. The molecule has 1 rings (SSSR count). The minimum atomic E-state index is -1.16. The van der Waals surface area contributed by atoms with Crippen LogP contribution in [0, 0.1) is 0 Å². The van der Waals surface area contributed by atoms with Gasteiger partial charge >= 0.3 is 6.16 Å². The molecule has 0 radical (unpaired) electrons. The van der Waals surface area contributed by atoms with E-state index in [9.17, 15) is 4.79 Å². The van der Waals surface area contributed by atoms with Crippen molar-refractivity contribution in [3.63, 3.8) is 0 Å². The second-order valence-electron chi connectivity index (χ2n) is 6.98. The van der Waals surface area contributed by atoms with Crippen molar-refractivity contribution in [2.24, 2.45) is 0 Å². The number of hydrogen-bond donors (Lipinski definition) is 1. The minimum Gasteiger partial charge on any atom is -0.450 e. The molecule has 0 aliphatic rings. The molecule has 1 unspecified atom stereocenters. The number of rotatable bonds is 15. The van der Waals surface area contributed by atoms with Crippen LogP contribution in [0.25, 0.3) is 0 Å². The summed E-state index contributed by atoms with van der Waals surface area (Å²) < 4.78 is 4.53. The van der Waals surface area contributed by atoms with E-state index in [0.29, 0.717) is 12.5 Å². The fourth-order valence-corrected chi connectivity index (χ4v) is 3.38. The van der Waals surface area contributed by atoms with Gasteiger partial charge in [0.2, 0.25) is 0 Å². The van der Waals surface area contributed by atoms with E-state index in [4.69, 9.17) is 5.11 Å². The third-order valence-electron chi connectivity index (χ3n) is 4.85. The molecule has 1 atom stereocenters. The first-order chi connectivity index (χ1) is 12.2. The van der Waals surface area contributed by atoms with E-state index in [2.05, 4.69) is 42.0 Å². The fourth-order valence-electron chi connectivity index (χ4n) is 3.38. The highest BCUT2D eigenvalue weighted by molar-refractivity contribution is 5.56. The molecule has 0 aromatic heterocycles. The zero-order valence-electron chi connectivity index (χ0n) is 15.9. The molecule has 0 aliphatic carbocycles. The molecule has 0 heterocycles. The normalized spacial score (nSPS) is 12.0. The Bertz CT molecular complexity index is 430. The molecule has 0 fully saturated rings. The van der Waals surface area contributed by atoms with Crippen molar-refractivity contribution >= 4 is 6.16 Å². The highest BCUT2D eigenvalue weighted by Gasteiger charge is 2.10. The number of benzene rings is 1. The summed E-state index contributed by atoms with van der Waals surface area (Å²) in [7, 11) is 0. The number of unbranched alkanes of at least 4 members (excludes halogenated alkanes) is 8. The summed E-state index contributed by atoms with van der Waals surface area (Å²) in [6.07, 6.45) is 13.7. The predicted octanol–water partition coefficient (Wildman–Crippen LogP) is 7.17. The van der Waals surface area contributed by atoms with Crippen LogP contribution in [0.5, 0.6) is 0 Å². The van der Waals surface area contributed by atoms with Gasteiger partial charge in [0, 0.05) is 0 Å². The third-order valence-corrected chi connectivity index (χ3v) is 4.85. The summed E-state index contributed by atoms with van der Waals surface area (Å²) in [6.45, 7) is 2.60. The topological polar surface area (TPSA) is 46.5 Å².